The highest BCUT2D eigenvalue weighted by atomic mass is 16.2. The molecule has 3 rings (SSSR count). The number of amides is 3. The van der Waals surface area contributed by atoms with Gasteiger partial charge in [0.1, 0.15) is 0 Å². The van der Waals surface area contributed by atoms with Gasteiger partial charge < -0.3 is 20.9 Å². The summed E-state index contributed by atoms with van der Waals surface area (Å²) in [7, 11) is 0. The first-order chi connectivity index (χ1) is 17.4. The van der Waals surface area contributed by atoms with Crippen molar-refractivity contribution >= 4 is 34.8 Å². The lowest BCUT2D eigenvalue weighted by atomic mass is 10.1. The van der Waals surface area contributed by atoms with Gasteiger partial charge in [0.2, 0.25) is 5.91 Å². The Kier molecular flexibility index (Phi) is 9.63. The predicted molar refractivity (Wildman–Crippen MR) is 146 cm³/mol. The number of anilines is 3. The summed E-state index contributed by atoms with van der Waals surface area (Å²) in [5, 5.41) is 8.76. The van der Waals surface area contributed by atoms with Crippen molar-refractivity contribution in [2.24, 2.45) is 0 Å². The van der Waals surface area contributed by atoms with E-state index in [1.807, 2.05) is 42.2 Å². The van der Waals surface area contributed by atoms with E-state index in [2.05, 4.69) is 29.8 Å². The Hall–Kier alpha value is -4.13. The molecule has 0 aliphatic carbocycles. The fraction of sp³-hybridized carbons (Fsp3) is 0.276. The van der Waals surface area contributed by atoms with Crippen LogP contribution in [0.4, 0.5) is 17.1 Å². The molecule has 3 aromatic carbocycles. The summed E-state index contributed by atoms with van der Waals surface area (Å²) in [5.41, 5.74) is 4.28. The first-order valence-electron chi connectivity index (χ1n) is 12.3. The number of nitrogens with one attached hydrogen (secondary N) is 3. The first-order valence-corrected chi connectivity index (χ1v) is 12.3. The van der Waals surface area contributed by atoms with Gasteiger partial charge >= 0.3 is 0 Å². The average molecular weight is 487 g/mol. The Morgan fingerprint density at radius 3 is 1.89 bits per heavy atom. The molecule has 0 saturated heterocycles. The lowest BCUT2D eigenvalue weighted by Crippen LogP contribution is -2.32. The lowest BCUT2D eigenvalue weighted by Gasteiger charge is -2.21. The maximum atomic E-state index is 12.7. The van der Waals surface area contributed by atoms with Gasteiger partial charge in [0.05, 0.1) is 6.54 Å². The van der Waals surface area contributed by atoms with Crippen molar-refractivity contribution in [1.29, 1.82) is 0 Å². The van der Waals surface area contributed by atoms with E-state index >= 15 is 0 Å². The number of carbonyl (C=O) groups excluding carboxylic acids is 3. The smallest absolute Gasteiger partial charge is 0.255 e. The van der Waals surface area contributed by atoms with E-state index in [0.29, 0.717) is 22.5 Å². The third-order valence-corrected chi connectivity index (χ3v) is 5.57. The van der Waals surface area contributed by atoms with Gasteiger partial charge in [-0.1, -0.05) is 31.5 Å². The summed E-state index contributed by atoms with van der Waals surface area (Å²) >= 11 is 0. The van der Waals surface area contributed by atoms with Crippen LogP contribution in [0.3, 0.4) is 0 Å². The fourth-order valence-electron chi connectivity index (χ4n) is 3.78. The van der Waals surface area contributed by atoms with E-state index in [1.165, 1.54) is 0 Å². The van der Waals surface area contributed by atoms with E-state index in [9.17, 15) is 14.4 Å². The molecule has 188 valence electrons. The topological polar surface area (TPSA) is 90.5 Å². The zero-order valence-electron chi connectivity index (χ0n) is 21.1. The minimum Gasteiger partial charge on any atom is -0.376 e. The zero-order chi connectivity index (χ0) is 25.9. The van der Waals surface area contributed by atoms with Crippen LogP contribution in [0.2, 0.25) is 0 Å². The summed E-state index contributed by atoms with van der Waals surface area (Å²) in [6, 6.07) is 21.5. The summed E-state index contributed by atoms with van der Waals surface area (Å²) in [6.45, 7) is 7.63. The van der Waals surface area contributed by atoms with Crippen LogP contribution in [0.15, 0.2) is 72.8 Å². The van der Waals surface area contributed by atoms with Gasteiger partial charge in [0.15, 0.2) is 0 Å². The van der Waals surface area contributed by atoms with Gasteiger partial charge in [-0.05, 0) is 80.4 Å². The molecule has 0 aliphatic heterocycles. The quantitative estimate of drug-likeness (QED) is 0.331. The number of hydrogen-bond donors (Lipinski definition) is 3. The maximum Gasteiger partial charge on any atom is 0.255 e. The molecule has 0 aliphatic rings. The van der Waals surface area contributed by atoms with Gasteiger partial charge in [-0.25, -0.2) is 0 Å². The monoisotopic (exact) mass is 486 g/mol. The van der Waals surface area contributed by atoms with Crippen molar-refractivity contribution < 1.29 is 14.4 Å². The second-order valence-electron chi connectivity index (χ2n) is 8.67. The van der Waals surface area contributed by atoms with Crippen LogP contribution >= 0.6 is 0 Å². The molecular weight excluding hydrogens is 452 g/mol. The zero-order valence-corrected chi connectivity index (χ0v) is 21.1. The van der Waals surface area contributed by atoms with Crippen molar-refractivity contribution in [3.63, 3.8) is 0 Å². The third kappa shape index (κ3) is 7.70. The summed E-state index contributed by atoms with van der Waals surface area (Å²) in [4.78, 5) is 39.3. The van der Waals surface area contributed by atoms with Crippen molar-refractivity contribution in [3.8, 4) is 0 Å². The molecule has 0 atom stereocenters. The van der Waals surface area contributed by atoms with Gasteiger partial charge in [0.25, 0.3) is 11.8 Å². The lowest BCUT2D eigenvalue weighted by molar-refractivity contribution is -0.114. The third-order valence-electron chi connectivity index (χ3n) is 5.57. The van der Waals surface area contributed by atoms with Crippen LogP contribution in [0.25, 0.3) is 0 Å². The molecule has 3 aromatic rings. The van der Waals surface area contributed by atoms with Crippen LogP contribution in [0.5, 0.6) is 0 Å². The van der Waals surface area contributed by atoms with Crippen LogP contribution in [-0.2, 0) is 4.79 Å². The minimum atomic E-state index is -0.205. The molecule has 0 bridgehead atoms. The summed E-state index contributed by atoms with van der Waals surface area (Å²) in [6.07, 6.45) is 1.84. The number of nitrogens with zero attached hydrogens (tertiary/aromatic N) is 1. The van der Waals surface area contributed by atoms with Crippen molar-refractivity contribution in [2.75, 3.05) is 35.6 Å². The molecule has 0 heterocycles. The summed E-state index contributed by atoms with van der Waals surface area (Å²) in [5.74, 6) is -0.360. The van der Waals surface area contributed by atoms with Crippen molar-refractivity contribution in [1.82, 2.24) is 4.90 Å². The molecule has 3 N–H and O–H groups in total. The SMILES string of the molecule is CCCN(CCC)C(=O)c1ccc(NCC(=O)Nc2ccc(NC(=O)c3cccc(C)c3)cc2)cc1. The predicted octanol–water partition coefficient (Wildman–Crippen LogP) is 5.56. The van der Waals surface area contributed by atoms with E-state index in [4.69, 9.17) is 0 Å². The second-order valence-corrected chi connectivity index (χ2v) is 8.67. The highest BCUT2D eigenvalue weighted by Crippen LogP contribution is 2.16. The Bertz CT molecular complexity index is 1170. The normalized spacial score (nSPS) is 10.4. The molecule has 0 unspecified atom stereocenters. The molecule has 7 heteroatoms. The maximum absolute atomic E-state index is 12.7. The van der Waals surface area contributed by atoms with Crippen molar-refractivity contribution in [2.45, 2.75) is 33.6 Å². The van der Waals surface area contributed by atoms with Gasteiger partial charge in [0, 0.05) is 41.3 Å². The summed E-state index contributed by atoms with van der Waals surface area (Å²) < 4.78 is 0. The molecule has 36 heavy (non-hydrogen) atoms. The Morgan fingerprint density at radius 1 is 0.722 bits per heavy atom. The molecule has 0 saturated carbocycles. The van der Waals surface area contributed by atoms with Crippen LogP contribution in [0, 0.1) is 6.92 Å². The molecule has 0 radical (unpaired) electrons. The largest absolute Gasteiger partial charge is 0.376 e. The highest BCUT2D eigenvalue weighted by Gasteiger charge is 2.14. The van der Waals surface area contributed by atoms with Gasteiger partial charge in [-0.2, -0.15) is 0 Å². The number of rotatable bonds is 11. The van der Waals surface area contributed by atoms with Crippen LogP contribution < -0.4 is 16.0 Å². The highest BCUT2D eigenvalue weighted by molar-refractivity contribution is 6.04. The number of benzene rings is 3. The first kappa shape index (κ1) is 26.5. The molecule has 7 nitrogen and oxygen atoms in total. The Balaban J connectivity index is 1.48. The van der Waals surface area contributed by atoms with E-state index in [0.717, 1.165) is 37.2 Å². The molecule has 0 fully saturated rings. The van der Waals surface area contributed by atoms with Gasteiger partial charge in [-0.15, -0.1) is 0 Å². The van der Waals surface area contributed by atoms with Crippen LogP contribution in [-0.4, -0.2) is 42.3 Å². The van der Waals surface area contributed by atoms with Crippen molar-refractivity contribution in [3.05, 3.63) is 89.5 Å². The molecule has 0 spiro atoms. The molecule has 0 aromatic heterocycles. The number of carbonyl (C=O) groups is 3. The Morgan fingerprint density at radius 2 is 1.31 bits per heavy atom. The standard InChI is InChI=1S/C29H34N4O3/c1-4-17-33(18-5-2)29(36)22-9-11-24(12-10-22)30-20-27(34)31-25-13-15-26(16-14-25)32-28(35)23-8-6-7-21(3)19-23/h6-16,19,30H,4-5,17-18,20H2,1-3H3,(H,31,34)(H,32,35). The van der Waals surface area contributed by atoms with Crippen LogP contribution in [0.1, 0.15) is 53.0 Å². The molecular formula is C29H34N4O3. The van der Waals surface area contributed by atoms with Gasteiger partial charge in [-0.3, -0.25) is 14.4 Å². The number of hydrogen-bond acceptors (Lipinski definition) is 4. The van der Waals surface area contributed by atoms with E-state index in [1.54, 1.807) is 42.5 Å². The average Bonchev–Trinajstić information content (AvgIpc) is 2.88. The van der Waals surface area contributed by atoms with E-state index < -0.39 is 0 Å². The molecule has 3 amide bonds. The fourth-order valence-corrected chi connectivity index (χ4v) is 3.78. The Labute approximate surface area is 212 Å². The van der Waals surface area contributed by atoms with E-state index in [-0.39, 0.29) is 24.3 Å². The second kappa shape index (κ2) is 13.1. The minimum absolute atomic E-state index is 0.0292. The number of aryl methyl sites for hydroxylation is 1.